The molecular formula is C10H10N2O2. The molecule has 2 N–H and O–H groups in total. The number of hydrogen-bond donors (Lipinski definition) is 1. The molecule has 72 valence electrons. The van der Waals surface area contributed by atoms with Crippen molar-refractivity contribution in [2.24, 2.45) is 0 Å². The predicted octanol–water partition coefficient (Wildman–Crippen LogP) is 1.51. The van der Waals surface area contributed by atoms with Crippen molar-refractivity contribution in [3.8, 4) is 0 Å². The second-order valence-electron chi connectivity index (χ2n) is 3.70. The van der Waals surface area contributed by atoms with Crippen LogP contribution in [0.5, 0.6) is 0 Å². The molecule has 1 aromatic heterocycles. The van der Waals surface area contributed by atoms with Gasteiger partial charge in [-0.05, 0) is 25.0 Å². The van der Waals surface area contributed by atoms with Crippen molar-refractivity contribution in [2.45, 2.75) is 18.9 Å². The van der Waals surface area contributed by atoms with Crippen molar-refractivity contribution in [1.29, 1.82) is 0 Å². The summed E-state index contributed by atoms with van der Waals surface area (Å²) >= 11 is 0. The Morgan fingerprint density at radius 2 is 2.21 bits per heavy atom. The van der Waals surface area contributed by atoms with Gasteiger partial charge in [0.15, 0.2) is 5.58 Å². The van der Waals surface area contributed by atoms with Crippen LogP contribution in [-0.4, -0.2) is 4.57 Å². The van der Waals surface area contributed by atoms with Gasteiger partial charge >= 0.3 is 5.76 Å². The van der Waals surface area contributed by atoms with Crippen LogP contribution in [0.25, 0.3) is 11.1 Å². The third-order valence-corrected chi connectivity index (χ3v) is 2.55. The molecule has 1 heterocycles. The molecule has 3 rings (SSSR count). The third-order valence-electron chi connectivity index (χ3n) is 2.55. The summed E-state index contributed by atoms with van der Waals surface area (Å²) in [6.45, 7) is 0. The molecule has 0 saturated heterocycles. The quantitative estimate of drug-likeness (QED) is 0.693. The predicted molar refractivity (Wildman–Crippen MR) is 53.2 cm³/mol. The number of benzene rings is 1. The van der Waals surface area contributed by atoms with E-state index in [9.17, 15) is 4.79 Å². The highest BCUT2D eigenvalue weighted by molar-refractivity contribution is 5.77. The molecule has 4 nitrogen and oxygen atoms in total. The van der Waals surface area contributed by atoms with Crippen LogP contribution in [0.3, 0.4) is 0 Å². The van der Waals surface area contributed by atoms with Gasteiger partial charge in [0, 0.05) is 17.8 Å². The van der Waals surface area contributed by atoms with Gasteiger partial charge in [-0.15, -0.1) is 0 Å². The van der Waals surface area contributed by atoms with Gasteiger partial charge in [-0.25, -0.2) is 4.79 Å². The van der Waals surface area contributed by atoms with E-state index < -0.39 is 0 Å². The van der Waals surface area contributed by atoms with Crippen molar-refractivity contribution in [3.05, 3.63) is 28.7 Å². The number of aromatic nitrogens is 1. The van der Waals surface area contributed by atoms with Crippen molar-refractivity contribution in [2.75, 3.05) is 5.73 Å². The van der Waals surface area contributed by atoms with Crippen LogP contribution in [0.4, 0.5) is 5.69 Å². The van der Waals surface area contributed by atoms with Gasteiger partial charge in [0.05, 0.1) is 5.52 Å². The molecule has 0 radical (unpaired) electrons. The van der Waals surface area contributed by atoms with Gasteiger partial charge in [-0.1, -0.05) is 0 Å². The molecule has 0 atom stereocenters. The van der Waals surface area contributed by atoms with Crippen molar-refractivity contribution >= 4 is 16.8 Å². The minimum absolute atomic E-state index is 0.270. The zero-order chi connectivity index (χ0) is 9.71. The highest BCUT2D eigenvalue weighted by Crippen LogP contribution is 2.36. The van der Waals surface area contributed by atoms with E-state index in [1.54, 1.807) is 16.7 Å². The molecule has 1 aromatic carbocycles. The Morgan fingerprint density at radius 3 is 2.93 bits per heavy atom. The molecule has 0 aliphatic heterocycles. The maximum absolute atomic E-state index is 11.5. The summed E-state index contributed by atoms with van der Waals surface area (Å²) in [6, 6.07) is 5.66. The molecule has 2 aromatic rings. The smallest absolute Gasteiger partial charge is 0.408 e. The van der Waals surface area contributed by atoms with E-state index in [2.05, 4.69) is 0 Å². The molecule has 1 aliphatic carbocycles. The number of nitrogen functional groups attached to an aromatic ring is 1. The average Bonchev–Trinajstić information content (AvgIpc) is 2.89. The van der Waals surface area contributed by atoms with Crippen LogP contribution in [0.15, 0.2) is 27.4 Å². The molecule has 0 bridgehead atoms. The zero-order valence-electron chi connectivity index (χ0n) is 7.56. The Morgan fingerprint density at radius 1 is 1.43 bits per heavy atom. The van der Waals surface area contributed by atoms with E-state index in [0.717, 1.165) is 18.4 Å². The Kier molecular flexibility index (Phi) is 1.32. The Labute approximate surface area is 79.9 Å². The Hall–Kier alpha value is -1.71. The molecule has 0 amide bonds. The number of anilines is 1. The number of oxazole rings is 1. The van der Waals surface area contributed by atoms with E-state index in [-0.39, 0.29) is 5.76 Å². The largest absolute Gasteiger partial charge is 0.420 e. The fraction of sp³-hybridized carbons (Fsp3) is 0.300. The van der Waals surface area contributed by atoms with Gasteiger partial charge in [0.25, 0.3) is 0 Å². The lowest BCUT2D eigenvalue weighted by molar-refractivity contribution is 0.509. The van der Waals surface area contributed by atoms with Gasteiger partial charge in [-0.2, -0.15) is 0 Å². The minimum Gasteiger partial charge on any atom is -0.408 e. The molecule has 0 spiro atoms. The van der Waals surface area contributed by atoms with Crippen molar-refractivity contribution in [1.82, 2.24) is 4.57 Å². The Balaban J connectivity index is 2.37. The molecule has 0 unspecified atom stereocenters. The second-order valence-corrected chi connectivity index (χ2v) is 3.70. The first kappa shape index (κ1) is 7.67. The first-order valence-corrected chi connectivity index (χ1v) is 4.66. The summed E-state index contributed by atoms with van der Waals surface area (Å²) in [4.78, 5) is 11.5. The summed E-state index contributed by atoms with van der Waals surface area (Å²) in [5.41, 5.74) is 7.66. The van der Waals surface area contributed by atoms with Crippen molar-refractivity contribution in [3.63, 3.8) is 0 Å². The van der Waals surface area contributed by atoms with E-state index >= 15 is 0 Å². The lowest BCUT2D eigenvalue weighted by atomic mass is 10.3. The number of rotatable bonds is 1. The van der Waals surface area contributed by atoms with Gasteiger partial charge < -0.3 is 10.2 Å². The summed E-state index contributed by atoms with van der Waals surface area (Å²) in [5, 5.41) is 0. The summed E-state index contributed by atoms with van der Waals surface area (Å²) in [6.07, 6.45) is 2.14. The molecule has 4 heteroatoms. The molecule has 1 fully saturated rings. The molecular weight excluding hydrogens is 180 g/mol. The topological polar surface area (TPSA) is 61.2 Å². The van der Waals surface area contributed by atoms with Gasteiger partial charge in [0.1, 0.15) is 0 Å². The highest BCUT2D eigenvalue weighted by Gasteiger charge is 2.28. The zero-order valence-corrected chi connectivity index (χ0v) is 7.56. The molecule has 1 saturated carbocycles. The fourth-order valence-corrected chi connectivity index (χ4v) is 1.73. The molecule has 14 heavy (non-hydrogen) atoms. The number of hydrogen-bond acceptors (Lipinski definition) is 3. The lowest BCUT2D eigenvalue weighted by Crippen LogP contribution is -2.11. The van der Waals surface area contributed by atoms with E-state index in [4.69, 9.17) is 10.2 Å². The molecule has 1 aliphatic rings. The monoisotopic (exact) mass is 190 g/mol. The number of nitrogens with two attached hydrogens (primary N) is 1. The number of nitrogens with zero attached hydrogens (tertiary/aromatic N) is 1. The van der Waals surface area contributed by atoms with E-state index in [1.165, 1.54) is 0 Å². The lowest BCUT2D eigenvalue weighted by Gasteiger charge is -1.97. The highest BCUT2D eigenvalue weighted by atomic mass is 16.4. The van der Waals surface area contributed by atoms with Crippen LogP contribution >= 0.6 is 0 Å². The fourth-order valence-electron chi connectivity index (χ4n) is 1.73. The maximum Gasteiger partial charge on any atom is 0.420 e. The standard InChI is InChI=1S/C10H10N2O2/c11-6-1-4-8-9(5-6)14-10(13)12(8)7-2-3-7/h1,4-5,7H,2-3,11H2. The summed E-state index contributed by atoms with van der Waals surface area (Å²) in [5.74, 6) is -0.270. The van der Waals surface area contributed by atoms with Crippen LogP contribution in [0.2, 0.25) is 0 Å². The van der Waals surface area contributed by atoms with Gasteiger partial charge in [0.2, 0.25) is 0 Å². The summed E-state index contributed by atoms with van der Waals surface area (Å²) in [7, 11) is 0. The number of fused-ring (bicyclic) bond motifs is 1. The van der Waals surface area contributed by atoms with Gasteiger partial charge in [-0.3, -0.25) is 4.57 Å². The second kappa shape index (κ2) is 2.41. The maximum atomic E-state index is 11.5. The SMILES string of the molecule is Nc1ccc2c(c1)oc(=O)n2C1CC1. The average molecular weight is 190 g/mol. The normalized spacial score (nSPS) is 16.3. The Bertz CT molecular complexity index is 549. The van der Waals surface area contributed by atoms with Crippen LogP contribution in [0.1, 0.15) is 18.9 Å². The van der Waals surface area contributed by atoms with Crippen LogP contribution in [-0.2, 0) is 0 Å². The van der Waals surface area contributed by atoms with Crippen molar-refractivity contribution < 1.29 is 4.42 Å². The first-order valence-electron chi connectivity index (χ1n) is 4.66. The third kappa shape index (κ3) is 0.968. The first-order chi connectivity index (χ1) is 6.75. The van der Waals surface area contributed by atoms with Crippen LogP contribution < -0.4 is 11.5 Å². The van der Waals surface area contributed by atoms with E-state index in [0.29, 0.717) is 17.3 Å². The van der Waals surface area contributed by atoms with Crippen LogP contribution in [0, 0.1) is 0 Å². The minimum atomic E-state index is -0.270. The van der Waals surface area contributed by atoms with E-state index in [1.807, 2.05) is 6.07 Å². The summed E-state index contributed by atoms with van der Waals surface area (Å²) < 4.78 is 6.83.